The molecule has 76 valence electrons. The molecule has 1 atom stereocenters. The van der Waals surface area contributed by atoms with Crippen LogP contribution in [-0.4, -0.2) is 50.4 Å². The van der Waals surface area contributed by atoms with Gasteiger partial charge in [0.05, 0.1) is 17.3 Å². The van der Waals surface area contributed by atoms with Crippen LogP contribution in [0.2, 0.25) is 0 Å². The Balaban J connectivity index is 3.09. The molecule has 1 fully saturated rings. The van der Waals surface area contributed by atoms with Crippen LogP contribution < -0.4 is 0 Å². The number of rotatable bonds is 1. The van der Waals surface area contributed by atoms with Crippen LogP contribution in [0.15, 0.2) is 0 Å². The number of sulfone groups is 2. The van der Waals surface area contributed by atoms with E-state index >= 15 is 0 Å². The Morgan fingerprint density at radius 2 is 1.69 bits per heavy atom. The smallest absolute Gasteiger partial charge is 0.322 e. The molecule has 0 aliphatic carbocycles. The molecule has 1 heterocycles. The molecular formula is C5H8O6S2. The summed E-state index contributed by atoms with van der Waals surface area (Å²) in [5.74, 6) is -3.46. The van der Waals surface area contributed by atoms with Crippen molar-refractivity contribution in [1.29, 1.82) is 0 Å². The summed E-state index contributed by atoms with van der Waals surface area (Å²) in [7, 11) is -7.28. The number of carboxylic acid groups (broad SMARTS) is 1. The second-order valence-electron chi connectivity index (χ2n) is 2.81. The third kappa shape index (κ3) is 2.19. The first-order valence-corrected chi connectivity index (χ1v) is 6.93. The second-order valence-corrected chi connectivity index (χ2v) is 7.34. The van der Waals surface area contributed by atoms with E-state index in [2.05, 4.69) is 0 Å². The lowest BCUT2D eigenvalue weighted by molar-refractivity contribution is -0.136. The van der Waals surface area contributed by atoms with Gasteiger partial charge in [0.1, 0.15) is 0 Å². The number of aliphatic carboxylic acids is 1. The summed E-state index contributed by atoms with van der Waals surface area (Å²) in [5.41, 5.74) is 0. The van der Waals surface area contributed by atoms with Crippen LogP contribution in [0, 0.1) is 0 Å². The third-order valence-corrected chi connectivity index (χ3v) is 5.94. The molecule has 0 bridgehead atoms. The molecule has 0 aromatic carbocycles. The van der Waals surface area contributed by atoms with E-state index in [4.69, 9.17) is 5.11 Å². The largest absolute Gasteiger partial charge is 0.480 e. The van der Waals surface area contributed by atoms with Gasteiger partial charge < -0.3 is 5.11 Å². The molecule has 0 aromatic rings. The van der Waals surface area contributed by atoms with E-state index in [0.717, 1.165) is 0 Å². The minimum absolute atomic E-state index is 0.473. The maximum atomic E-state index is 11.1. The van der Waals surface area contributed by atoms with E-state index in [-0.39, 0.29) is 0 Å². The Labute approximate surface area is 75.4 Å². The summed E-state index contributed by atoms with van der Waals surface area (Å²) in [6.07, 6.45) is 0. The van der Waals surface area contributed by atoms with Crippen molar-refractivity contribution in [1.82, 2.24) is 0 Å². The summed E-state index contributed by atoms with van der Waals surface area (Å²) in [4.78, 5) is 10.4. The number of carboxylic acids is 1. The molecule has 13 heavy (non-hydrogen) atoms. The predicted molar refractivity (Wildman–Crippen MR) is 43.9 cm³/mol. The normalized spacial score (nSPS) is 30.9. The Hall–Kier alpha value is -0.630. The summed E-state index contributed by atoms with van der Waals surface area (Å²) in [5, 5.41) is 6.68. The Morgan fingerprint density at radius 1 is 1.15 bits per heavy atom. The highest BCUT2D eigenvalue weighted by molar-refractivity contribution is 7.99. The first-order chi connectivity index (χ1) is 5.75. The monoisotopic (exact) mass is 228 g/mol. The second kappa shape index (κ2) is 2.95. The van der Waals surface area contributed by atoms with Crippen molar-refractivity contribution in [3.63, 3.8) is 0 Å². The van der Waals surface area contributed by atoms with Crippen LogP contribution >= 0.6 is 0 Å². The molecule has 1 aliphatic rings. The Bertz CT molecular complexity index is 416. The highest BCUT2D eigenvalue weighted by Gasteiger charge is 2.41. The maximum Gasteiger partial charge on any atom is 0.322 e. The standard InChI is InChI=1S/C5H8O6S2/c6-5(7)4-3-12(8,9)1-2-13(4,10)11/h4H,1-3H2,(H,6,7). The quantitative estimate of drug-likeness (QED) is 0.572. The van der Waals surface area contributed by atoms with Crippen LogP contribution in [0.1, 0.15) is 0 Å². The van der Waals surface area contributed by atoms with Crippen LogP contribution in [-0.2, 0) is 24.5 Å². The van der Waals surface area contributed by atoms with E-state index < -0.39 is 48.2 Å². The first-order valence-electron chi connectivity index (χ1n) is 3.39. The van der Waals surface area contributed by atoms with Gasteiger partial charge in [-0.1, -0.05) is 0 Å². The van der Waals surface area contributed by atoms with Crippen molar-refractivity contribution >= 4 is 25.6 Å². The molecule has 1 N–H and O–H groups in total. The Kier molecular flexibility index (Phi) is 2.37. The lowest BCUT2D eigenvalue weighted by atomic mass is 10.5. The minimum Gasteiger partial charge on any atom is -0.480 e. The summed E-state index contributed by atoms with van der Waals surface area (Å²) in [6, 6.07) is 0. The predicted octanol–water partition coefficient (Wildman–Crippen LogP) is -1.72. The SMILES string of the molecule is O=C(O)C1CS(=O)(=O)CCS1(=O)=O. The molecule has 0 saturated carbocycles. The molecule has 1 aliphatic heterocycles. The zero-order chi connectivity index (χ0) is 10.3. The molecule has 0 aromatic heterocycles. The fraction of sp³-hybridized carbons (Fsp3) is 0.800. The van der Waals surface area contributed by atoms with Gasteiger partial charge in [0.15, 0.2) is 24.9 Å². The average molecular weight is 228 g/mol. The lowest BCUT2D eigenvalue weighted by Gasteiger charge is -2.18. The topological polar surface area (TPSA) is 106 Å². The van der Waals surface area contributed by atoms with Gasteiger partial charge in [0.2, 0.25) is 0 Å². The summed E-state index contributed by atoms with van der Waals surface area (Å²) < 4.78 is 44.0. The zero-order valence-corrected chi connectivity index (χ0v) is 8.14. The fourth-order valence-electron chi connectivity index (χ4n) is 1.03. The van der Waals surface area contributed by atoms with Crippen molar-refractivity contribution in [2.24, 2.45) is 0 Å². The van der Waals surface area contributed by atoms with Gasteiger partial charge in [-0.2, -0.15) is 0 Å². The number of hydrogen-bond donors (Lipinski definition) is 1. The molecule has 1 unspecified atom stereocenters. The number of carbonyl (C=O) groups is 1. The van der Waals surface area contributed by atoms with Crippen LogP contribution in [0.5, 0.6) is 0 Å². The maximum absolute atomic E-state index is 11.1. The number of hydrogen-bond acceptors (Lipinski definition) is 5. The molecule has 6 nitrogen and oxygen atoms in total. The molecule has 1 rings (SSSR count). The summed E-state index contributed by atoms with van der Waals surface area (Å²) in [6.45, 7) is 0. The van der Waals surface area contributed by atoms with Crippen molar-refractivity contribution in [2.75, 3.05) is 17.3 Å². The van der Waals surface area contributed by atoms with Crippen molar-refractivity contribution in [3.8, 4) is 0 Å². The van der Waals surface area contributed by atoms with E-state index in [9.17, 15) is 21.6 Å². The molecule has 0 spiro atoms. The van der Waals surface area contributed by atoms with Gasteiger partial charge in [-0.3, -0.25) is 4.79 Å². The van der Waals surface area contributed by atoms with Gasteiger partial charge in [-0.05, 0) is 0 Å². The van der Waals surface area contributed by atoms with Crippen molar-refractivity contribution < 1.29 is 26.7 Å². The van der Waals surface area contributed by atoms with Gasteiger partial charge >= 0.3 is 5.97 Å². The zero-order valence-electron chi connectivity index (χ0n) is 6.50. The van der Waals surface area contributed by atoms with E-state index in [1.165, 1.54) is 0 Å². The molecule has 1 saturated heterocycles. The van der Waals surface area contributed by atoms with Gasteiger partial charge in [-0.25, -0.2) is 16.8 Å². The van der Waals surface area contributed by atoms with Crippen molar-refractivity contribution in [2.45, 2.75) is 5.25 Å². The molecule has 8 heteroatoms. The lowest BCUT2D eigenvalue weighted by Crippen LogP contribution is -2.45. The molecule has 0 radical (unpaired) electrons. The van der Waals surface area contributed by atoms with E-state index in [1.54, 1.807) is 0 Å². The fourth-order valence-corrected chi connectivity index (χ4v) is 5.79. The van der Waals surface area contributed by atoms with Crippen molar-refractivity contribution in [3.05, 3.63) is 0 Å². The van der Waals surface area contributed by atoms with Crippen LogP contribution in [0.3, 0.4) is 0 Å². The van der Waals surface area contributed by atoms with Gasteiger partial charge in [0, 0.05) is 0 Å². The first kappa shape index (κ1) is 10.5. The third-order valence-electron chi connectivity index (χ3n) is 1.79. The van der Waals surface area contributed by atoms with Gasteiger partial charge in [-0.15, -0.1) is 0 Å². The molecule has 0 amide bonds. The molecular weight excluding hydrogens is 220 g/mol. The van der Waals surface area contributed by atoms with E-state index in [0.29, 0.717) is 0 Å². The van der Waals surface area contributed by atoms with E-state index in [1.807, 2.05) is 0 Å². The highest BCUT2D eigenvalue weighted by Crippen LogP contribution is 2.14. The van der Waals surface area contributed by atoms with Crippen LogP contribution in [0.25, 0.3) is 0 Å². The average Bonchev–Trinajstić information content (AvgIpc) is 1.95. The Morgan fingerprint density at radius 3 is 2.08 bits per heavy atom. The summed E-state index contributed by atoms with van der Waals surface area (Å²) >= 11 is 0. The van der Waals surface area contributed by atoms with Gasteiger partial charge in [0.25, 0.3) is 0 Å². The minimum atomic E-state index is -3.77. The highest BCUT2D eigenvalue weighted by atomic mass is 32.2. The van der Waals surface area contributed by atoms with Crippen LogP contribution in [0.4, 0.5) is 0 Å².